The molecule has 0 aromatic heterocycles. The highest BCUT2D eigenvalue weighted by atomic mass is 19.3. The van der Waals surface area contributed by atoms with Gasteiger partial charge in [-0.25, -0.2) is 30.7 Å². The minimum Gasteiger partial charge on any atom is -0.429 e. The van der Waals surface area contributed by atoms with Gasteiger partial charge in [0.05, 0.1) is 6.08 Å². The molecule has 5 aromatic rings. The van der Waals surface area contributed by atoms with Crippen LogP contribution in [-0.4, -0.2) is 6.11 Å². The van der Waals surface area contributed by atoms with Crippen LogP contribution in [0.15, 0.2) is 104 Å². The third-order valence-electron chi connectivity index (χ3n) is 7.61. The molecule has 53 heavy (non-hydrogen) atoms. The Labute approximate surface area is 292 Å². The van der Waals surface area contributed by atoms with Crippen LogP contribution < -0.4 is 9.47 Å². The molecule has 0 unspecified atom stereocenters. The van der Waals surface area contributed by atoms with Gasteiger partial charge in [0.15, 0.2) is 17.4 Å². The van der Waals surface area contributed by atoms with Crippen molar-refractivity contribution >= 4 is 0 Å². The molecule has 0 atom stereocenters. The van der Waals surface area contributed by atoms with Crippen LogP contribution in [0.25, 0.3) is 33.4 Å². The lowest BCUT2D eigenvalue weighted by molar-refractivity contribution is -0.189. The minimum absolute atomic E-state index is 0.0316. The van der Waals surface area contributed by atoms with Crippen LogP contribution in [0.3, 0.4) is 0 Å². The number of ether oxygens (including phenoxy) is 2. The molecule has 5 rings (SSSR count). The monoisotopic (exact) mass is 756 g/mol. The van der Waals surface area contributed by atoms with E-state index in [4.69, 9.17) is 0 Å². The van der Waals surface area contributed by atoms with Crippen LogP contribution in [0.5, 0.6) is 11.5 Å². The van der Waals surface area contributed by atoms with Crippen molar-refractivity contribution in [3.63, 3.8) is 0 Å². The quantitative estimate of drug-likeness (QED) is 0.0932. The molecule has 276 valence electrons. The van der Waals surface area contributed by atoms with Crippen LogP contribution in [-0.2, 0) is 12.5 Å². The van der Waals surface area contributed by atoms with E-state index in [-0.39, 0.29) is 29.3 Å². The molecular formula is C38H21F13O2. The van der Waals surface area contributed by atoms with Crippen LogP contribution in [0.1, 0.15) is 17.5 Å². The molecule has 0 bridgehead atoms. The van der Waals surface area contributed by atoms with Crippen molar-refractivity contribution < 1.29 is 66.5 Å². The first-order valence-electron chi connectivity index (χ1n) is 15.0. The molecule has 0 aliphatic rings. The zero-order valence-corrected chi connectivity index (χ0v) is 26.5. The zero-order chi connectivity index (χ0) is 38.8. The first-order chi connectivity index (χ1) is 24.9. The maximum Gasteiger partial charge on any atom is 0.432 e. The molecular weight excluding hydrogens is 735 g/mol. The van der Waals surface area contributed by atoms with E-state index in [1.807, 2.05) is 0 Å². The average molecular weight is 757 g/mol. The number of alkyl halides is 4. The van der Waals surface area contributed by atoms with E-state index in [2.05, 4.69) is 16.1 Å². The second-order valence-electron chi connectivity index (χ2n) is 11.3. The molecule has 0 amide bonds. The lowest BCUT2D eigenvalue weighted by atomic mass is 9.97. The Kier molecular flexibility index (Phi) is 11.0. The van der Waals surface area contributed by atoms with Gasteiger partial charge in [-0.2, -0.15) is 26.3 Å². The molecule has 2 nitrogen and oxygen atoms in total. The van der Waals surface area contributed by atoms with E-state index in [0.717, 1.165) is 12.1 Å². The SMILES string of the molecule is C=CCCc1ccc(-c2ccc(-c3cc(F)c(C(F)(F)Oc4ccc(-c5cc(F)c(OC(F)(F)C=C(F)F)c(F)c5)c(F)c4)c(F)c3)c(F)c2)c(F)c1. The Morgan fingerprint density at radius 1 is 0.566 bits per heavy atom. The Balaban J connectivity index is 1.37. The molecule has 0 heterocycles. The van der Waals surface area contributed by atoms with E-state index in [0.29, 0.717) is 42.7 Å². The maximum atomic E-state index is 15.2. The second kappa shape index (κ2) is 15.1. The smallest absolute Gasteiger partial charge is 0.429 e. The van der Waals surface area contributed by atoms with Crippen LogP contribution in [0, 0.1) is 40.7 Å². The van der Waals surface area contributed by atoms with Crippen molar-refractivity contribution in [1.29, 1.82) is 0 Å². The fourth-order valence-corrected chi connectivity index (χ4v) is 5.24. The molecule has 0 aliphatic heterocycles. The van der Waals surface area contributed by atoms with Gasteiger partial charge in [-0.3, -0.25) is 0 Å². The fraction of sp³-hybridized carbons (Fsp3) is 0.105. The number of benzene rings is 5. The van der Waals surface area contributed by atoms with E-state index in [1.165, 1.54) is 18.2 Å². The molecule has 0 saturated carbocycles. The lowest BCUT2D eigenvalue weighted by Gasteiger charge is -2.20. The lowest BCUT2D eigenvalue weighted by Crippen LogP contribution is -2.25. The van der Waals surface area contributed by atoms with Gasteiger partial charge in [0.2, 0.25) is 0 Å². The molecule has 0 spiro atoms. The van der Waals surface area contributed by atoms with Crippen molar-refractivity contribution in [1.82, 2.24) is 0 Å². The number of rotatable bonds is 12. The van der Waals surface area contributed by atoms with Crippen LogP contribution >= 0.6 is 0 Å². The van der Waals surface area contributed by atoms with E-state index in [9.17, 15) is 35.1 Å². The number of allylic oxidation sites excluding steroid dienone is 1. The van der Waals surface area contributed by atoms with Crippen molar-refractivity contribution in [2.75, 3.05) is 0 Å². The summed E-state index contributed by atoms with van der Waals surface area (Å²) in [4.78, 5) is 0. The summed E-state index contributed by atoms with van der Waals surface area (Å²) in [5, 5.41) is 0. The summed E-state index contributed by atoms with van der Waals surface area (Å²) < 4.78 is 193. The van der Waals surface area contributed by atoms with Crippen molar-refractivity contribution in [3.8, 4) is 44.9 Å². The number of halogens is 13. The first-order valence-corrected chi connectivity index (χ1v) is 15.0. The summed E-state index contributed by atoms with van der Waals surface area (Å²) in [6.45, 7) is 3.60. The molecule has 15 heteroatoms. The summed E-state index contributed by atoms with van der Waals surface area (Å²) in [6.07, 6.45) is -10.8. The summed E-state index contributed by atoms with van der Waals surface area (Å²) in [5.41, 5.74) is -3.48. The standard InChI is InChI=1S/C38H21F13O2/c1-2-3-4-19-5-8-24(27(39)11-19)20-6-9-25(28(40)12-20)21-13-30(42)35(31(43)14-21)38(50,51)52-23-7-10-26(29(41)17-23)22-15-32(44)36(33(45)16-22)53-37(48,49)18-34(46)47/h2,5-18H,1,3-4H2. The van der Waals surface area contributed by atoms with Crippen molar-refractivity contribution in [2.45, 2.75) is 25.1 Å². The van der Waals surface area contributed by atoms with Gasteiger partial charge in [0.1, 0.15) is 40.4 Å². The Morgan fingerprint density at radius 3 is 1.58 bits per heavy atom. The van der Waals surface area contributed by atoms with Gasteiger partial charge >= 0.3 is 12.2 Å². The molecule has 0 aliphatic carbocycles. The average Bonchev–Trinajstić information content (AvgIpc) is 3.04. The number of aryl methyl sites for hydroxylation is 1. The third-order valence-corrected chi connectivity index (χ3v) is 7.61. The largest absolute Gasteiger partial charge is 0.432 e. The first kappa shape index (κ1) is 38.5. The van der Waals surface area contributed by atoms with E-state index < -0.39 is 104 Å². The van der Waals surface area contributed by atoms with Gasteiger partial charge in [-0.15, -0.1) is 6.58 Å². The Hall–Kier alpha value is -5.73. The van der Waals surface area contributed by atoms with Gasteiger partial charge in [-0.1, -0.05) is 30.3 Å². The molecule has 0 radical (unpaired) electrons. The molecule has 0 saturated heterocycles. The van der Waals surface area contributed by atoms with Gasteiger partial charge in [0, 0.05) is 22.8 Å². The highest BCUT2D eigenvalue weighted by Crippen LogP contribution is 2.40. The minimum atomic E-state index is -4.83. The Morgan fingerprint density at radius 2 is 1.06 bits per heavy atom. The summed E-state index contributed by atoms with van der Waals surface area (Å²) >= 11 is 0. The van der Waals surface area contributed by atoms with Gasteiger partial charge in [0.25, 0.3) is 6.08 Å². The van der Waals surface area contributed by atoms with Gasteiger partial charge < -0.3 is 9.47 Å². The number of hydrogen-bond acceptors (Lipinski definition) is 2. The highest BCUT2D eigenvalue weighted by Gasteiger charge is 2.41. The number of hydrogen-bond donors (Lipinski definition) is 0. The predicted octanol–water partition coefficient (Wildman–Crippen LogP) is 12.7. The second-order valence-corrected chi connectivity index (χ2v) is 11.3. The molecule has 0 fully saturated rings. The zero-order valence-electron chi connectivity index (χ0n) is 26.5. The van der Waals surface area contributed by atoms with Gasteiger partial charge in [-0.05, 0) is 83.6 Å². The van der Waals surface area contributed by atoms with E-state index in [1.54, 1.807) is 12.1 Å². The topological polar surface area (TPSA) is 18.5 Å². The summed E-state index contributed by atoms with van der Waals surface area (Å²) in [5.74, 6) is -13.6. The fourth-order valence-electron chi connectivity index (χ4n) is 5.24. The van der Waals surface area contributed by atoms with Crippen molar-refractivity contribution in [2.24, 2.45) is 0 Å². The van der Waals surface area contributed by atoms with E-state index >= 15 is 22.0 Å². The van der Waals surface area contributed by atoms with Crippen LogP contribution in [0.2, 0.25) is 0 Å². The Bertz CT molecular complexity index is 2180. The molecule has 0 N–H and O–H groups in total. The van der Waals surface area contributed by atoms with Crippen molar-refractivity contribution in [3.05, 3.63) is 156 Å². The van der Waals surface area contributed by atoms with Crippen LogP contribution in [0.4, 0.5) is 57.1 Å². The predicted molar refractivity (Wildman–Crippen MR) is 168 cm³/mol. The highest BCUT2D eigenvalue weighted by molar-refractivity contribution is 5.72. The summed E-state index contributed by atoms with van der Waals surface area (Å²) in [6, 6.07) is 10.4. The third kappa shape index (κ3) is 8.67. The molecule has 5 aromatic carbocycles. The summed E-state index contributed by atoms with van der Waals surface area (Å²) in [7, 11) is 0. The normalized spacial score (nSPS) is 11.7. The maximum absolute atomic E-state index is 15.2.